The van der Waals surface area contributed by atoms with E-state index in [1.165, 1.54) is 0 Å². The van der Waals surface area contributed by atoms with Gasteiger partial charge in [-0.25, -0.2) is 4.99 Å². The summed E-state index contributed by atoms with van der Waals surface area (Å²) in [6, 6.07) is 15.8. The molecule has 22 heavy (non-hydrogen) atoms. The summed E-state index contributed by atoms with van der Waals surface area (Å²) < 4.78 is 5.45. The maximum atomic E-state index is 5.98. The zero-order valence-corrected chi connectivity index (χ0v) is 13.0. The molecule has 2 atom stereocenters. The largest absolute Gasteiger partial charge is 0.496 e. The molecule has 114 valence electrons. The summed E-state index contributed by atoms with van der Waals surface area (Å²) in [7, 11) is 1.68. The van der Waals surface area contributed by atoms with Crippen LogP contribution in [0.3, 0.4) is 0 Å². The second-order valence-corrected chi connectivity index (χ2v) is 5.69. The Balaban J connectivity index is 1.90. The van der Waals surface area contributed by atoms with Gasteiger partial charge in [0.15, 0.2) is 5.96 Å². The van der Waals surface area contributed by atoms with Crippen molar-refractivity contribution in [3.05, 3.63) is 64.7 Å². The maximum absolute atomic E-state index is 5.98. The number of aliphatic imine (C=N–C) groups is 1. The highest BCUT2D eigenvalue weighted by molar-refractivity contribution is 6.30. The first-order chi connectivity index (χ1) is 10.7. The molecule has 0 aromatic heterocycles. The first-order valence-corrected chi connectivity index (χ1v) is 7.53. The molecule has 0 radical (unpaired) electrons. The van der Waals surface area contributed by atoms with Gasteiger partial charge >= 0.3 is 0 Å². The van der Waals surface area contributed by atoms with Crippen LogP contribution in [0.4, 0.5) is 0 Å². The zero-order chi connectivity index (χ0) is 15.5. The molecule has 0 amide bonds. The van der Waals surface area contributed by atoms with Crippen LogP contribution in [0.1, 0.15) is 29.6 Å². The highest BCUT2D eigenvalue weighted by atomic mass is 35.5. The average molecular weight is 316 g/mol. The van der Waals surface area contributed by atoms with Gasteiger partial charge in [0, 0.05) is 10.6 Å². The lowest BCUT2D eigenvalue weighted by atomic mass is 9.93. The van der Waals surface area contributed by atoms with E-state index in [2.05, 4.69) is 10.3 Å². The van der Waals surface area contributed by atoms with E-state index in [9.17, 15) is 0 Å². The molecule has 1 aliphatic rings. The number of nitrogens with two attached hydrogens (primary N) is 1. The third-order valence-corrected chi connectivity index (χ3v) is 4.10. The van der Waals surface area contributed by atoms with Crippen molar-refractivity contribution in [3.63, 3.8) is 0 Å². The van der Waals surface area contributed by atoms with Gasteiger partial charge < -0.3 is 15.8 Å². The number of methoxy groups -OCH3 is 1. The molecule has 1 heterocycles. The number of benzene rings is 2. The van der Waals surface area contributed by atoms with Gasteiger partial charge in [0.1, 0.15) is 5.75 Å². The molecule has 0 saturated carbocycles. The number of ether oxygens (including phenoxy) is 1. The number of nitrogens with zero attached hydrogens (tertiary/aromatic N) is 1. The van der Waals surface area contributed by atoms with Crippen molar-refractivity contribution in [1.29, 1.82) is 0 Å². The van der Waals surface area contributed by atoms with Crippen LogP contribution in [0.15, 0.2) is 53.5 Å². The van der Waals surface area contributed by atoms with E-state index < -0.39 is 0 Å². The summed E-state index contributed by atoms with van der Waals surface area (Å²) in [5.74, 6) is 1.30. The number of halogens is 1. The van der Waals surface area contributed by atoms with Crippen molar-refractivity contribution >= 4 is 17.6 Å². The van der Waals surface area contributed by atoms with Gasteiger partial charge in [0.05, 0.1) is 19.2 Å². The lowest BCUT2D eigenvalue weighted by Gasteiger charge is -2.29. The fourth-order valence-corrected chi connectivity index (χ4v) is 2.90. The SMILES string of the molecule is COc1ccccc1C1CC(c2ccc(Cl)cc2)N=C(N)N1. The molecular formula is C17H18ClN3O. The van der Waals surface area contributed by atoms with E-state index in [0.717, 1.165) is 28.3 Å². The zero-order valence-electron chi connectivity index (χ0n) is 12.3. The number of hydrogen-bond acceptors (Lipinski definition) is 4. The molecule has 2 aromatic rings. The highest BCUT2D eigenvalue weighted by Crippen LogP contribution is 2.35. The van der Waals surface area contributed by atoms with E-state index >= 15 is 0 Å². The Labute approximate surface area is 135 Å². The topological polar surface area (TPSA) is 59.6 Å². The van der Waals surface area contributed by atoms with E-state index in [0.29, 0.717) is 5.96 Å². The number of guanidine groups is 1. The molecule has 2 unspecified atom stereocenters. The van der Waals surface area contributed by atoms with Gasteiger partial charge in [0.2, 0.25) is 0 Å². The van der Waals surface area contributed by atoms with E-state index in [4.69, 9.17) is 22.1 Å². The fraction of sp³-hybridized carbons (Fsp3) is 0.235. The Morgan fingerprint density at radius 2 is 1.91 bits per heavy atom. The molecule has 0 bridgehead atoms. The van der Waals surface area contributed by atoms with Crippen molar-refractivity contribution in [2.24, 2.45) is 10.7 Å². The Kier molecular flexibility index (Phi) is 4.20. The lowest BCUT2D eigenvalue weighted by molar-refractivity contribution is 0.394. The predicted octanol–water partition coefficient (Wildman–Crippen LogP) is 3.44. The van der Waals surface area contributed by atoms with Crippen LogP contribution in [0, 0.1) is 0 Å². The van der Waals surface area contributed by atoms with Gasteiger partial charge in [-0.1, -0.05) is 41.9 Å². The van der Waals surface area contributed by atoms with E-state index in [1.807, 2.05) is 48.5 Å². The smallest absolute Gasteiger partial charge is 0.189 e. The molecule has 0 fully saturated rings. The van der Waals surface area contributed by atoms with Crippen molar-refractivity contribution in [2.45, 2.75) is 18.5 Å². The standard InChI is InChI=1S/C17H18ClN3O/c1-22-16-5-3-2-4-13(16)15-10-14(20-17(19)21-15)11-6-8-12(18)9-7-11/h2-9,14-15H,10H2,1H3,(H3,19,20,21). The minimum Gasteiger partial charge on any atom is -0.496 e. The van der Waals surface area contributed by atoms with Crippen molar-refractivity contribution in [3.8, 4) is 5.75 Å². The molecular weight excluding hydrogens is 298 g/mol. The lowest BCUT2D eigenvalue weighted by Crippen LogP contribution is -2.39. The third kappa shape index (κ3) is 3.02. The van der Waals surface area contributed by atoms with E-state index in [-0.39, 0.29) is 12.1 Å². The molecule has 0 saturated heterocycles. The molecule has 3 rings (SSSR count). The van der Waals surface area contributed by atoms with Crippen molar-refractivity contribution in [1.82, 2.24) is 5.32 Å². The maximum Gasteiger partial charge on any atom is 0.189 e. The average Bonchev–Trinajstić information content (AvgIpc) is 2.55. The van der Waals surface area contributed by atoms with Crippen molar-refractivity contribution < 1.29 is 4.74 Å². The van der Waals surface area contributed by atoms with Gasteiger partial charge in [-0.3, -0.25) is 0 Å². The van der Waals surface area contributed by atoms with Crippen LogP contribution in [-0.2, 0) is 0 Å². The van der Waals surface area contributed by atoms with Gasteiger partial charge in [-0.05, 0) is 30.2 Å². The van der Waals surface area contributed by atoms with E-state index in [1.54, 1.807) is 7.11 Å². The summed E-state index contributed by atoms with van der Waals surface area (Å²) in [6.07, 6.45) is 0.808. The number of para-hydroxylation sites is 1. The summed E-state index contributed by atoms with van der Waals surface area (Å²) >= 11 is 5.95. The van der Waals surface area contributed by atoms with Gasteiger partial charge in [-0.2, -0.15) is 0 Å². The second kappa shape index (κ2) is 6.28. The third-order valence-electron chi connectivity index (χ3n) is 3.85. The summed E-state index contributed by atoms with van der Waals surface area (Å²) in [4.78, 5) is 4.51. The van der Waals surface area contributed by atoms with Crippen LogP contribution >= 0.6 is 11.6 Å². The second-order valence-electron chi connectivity index (χ2n) is 5.26. The Bertz CT molecular complexity index is 685. The first kappa shape index (κ1) is 14.7. The Morgan fingerprint density at radius 3 is 2.64 bits per heavy atom. The van der Waals surface area contributed by atoms with Crippen LogP contribution in [-0.4, -0.2) is 13.1 Å². The fourth-order valence-electron chi connectivity index (χ4n) is 2.77. The van der Waals surface area contributed by atoms with Crippen molar-refractivity contribution in [2.75, 3.05) is 7.11 Å². The Morgan fingerprint density at radius 1 is 1.18 bits per heavy atom. The summed E-state index contributed by atoms with van der Waals surface area (Å²) in [6.45, 7) is 0. The molecule has 2 aromatic carbocycles. The summed E-state index contributed by atoms with van der Waals surface area (Å²) in [5.41, 5.74) is 8.17. The quantitative estimate of drug-likeness (QED) is 0.912. The predicted molar refractivity (Wildman–Crippen MR) is 89.3 cm³/mol. The number of hydrogen-bond donors (Lipinski definition) is 2. The minimum absolute atomic E-state index is 0.00780. The molecule has 0 aliphatic carbocycles. The monoisotopic (exact) mass is 315 g/mol. The normalized spacial score (nSPS) is 20.9. The molecule has 4 nitrogen and oxygen atoms in total. The highest BCUT2D eigenvalue weighted by Gasteiger charge is 2.26. The van der Waals surface area contributed by atoms with Crippen LogP contribution in [0.2, 0.25) is 5.02 Å². The Hall–Kier alpha value is -2.20. The van der Waals surface area contributed by atoms with Crippen LogP contribution in [0.5, 0.6) is 5.75 Å². The minimum atomic E-state index is 0.00780. The summed E-state index contributed by atoms with van der Waals surface area (Å²) in [5, 5.41) is 3.96. The van der Waals surface area contributed by atoms with Crippen LogP contribution in [0.25, 0.3) is 0 Å². The molecule has 0 spiro atoms. The molecule has 3 N–H and O–H groups in total. The van der Waals surface area contributed by atoms with Crippen LogP contribution < -0.4 is 15.8 Å². The number of rotatable bonds is 3. The molecule has 1 aliphatic heterocycles. The molecule has 5 heteroatoms. The first-order valence-electron chi connectivity index (χ1n) is 7.15. The van der Waals surface area contributed by atoms with Gasteiger partial charge in [-0.15, -0.1) is 0 Å². The number of nitrogens with one attached hydrogen (secondary N) is 1. The van der Waals surface area contributed by atoms with Gasteiger partial charge in [0.25, 0.3) is 0 Å².